The van der Waals surface area contributed by atoms with Gasteiger partial charge in [0.2, 0.25) is 0 Å². The zero-order chi connectivity index (χ0) is 10.1. The third kappa shape index (κ3) is 1.50. The van der Waals surface area contributed by atoms with Crippen molar-refractivity contribution in [2.45, 2.75) is 25.7 Å². The molecule has 0 bridgehead atoms. The van der Waals surface area contributed by atoms with Crippen LogP contribution in [0, 0.1) is 6.92 Å². The molecule has 14 heavy (non-hydrogen) atoms. The van der Waals surface area contributed by atoms with Gasteiger partial charge >= 0.3 is 0 Å². The van der Waals surface area contributed by atoms with E-state index in [1.54, 1.807) is 0 Å². The fourth-order valence-corrected chi connectivity index (χ4v) is 1.95. The molecule has 0 atom stereocenters. The third-order valence-corrected chi connectivity index (χ3v) is 2.85. The Morgan fingerprint density at radius 3 is 2.71 bits per heavy atom. The van der Waals surface area contributed by atoms with Gasteiger partial charge in [-0.05, 0) is 24.0 Å². The molecular formula is C13H14O. The van der Waals surface area contributed by atoms with E-state index in [0.29, 0.717) is 24.5 Å². The van der Waals surface area contributed by atoms with Gasteiger partial charge in [-0.3, -0.25) is 4.79 Å². The van der Waals surface area contributed by atoms with Crippen molar-refractivity contribution in [2.24, 2.45) is 0 Å². The lowest BCUT2D eigenvalue weighted by Crippen LogP contribution is -2.21. The maximum absolute atomic E-state index is 10.9. The van der Waals surface area contributed by atoms with Gasteiger partial charge in [-0.2, -0.15) is 0 Å². The van der Waals surface area contributed by atoms with E-state index < -0.39 is 0 Å². The van der Waals surface area contributed by atoms with E-state index in [2.05, 4.69) is 31.7 Å². The summed E-state index contributed by atoms with van der Waals surface area (Å²) in [5.74, 6) is 0.821. The molecule has 1 aromatic rings. The molecule has 0 aromatic heterocycles. The van der Waals surface area contributed by atoms with Crippen LogP contribution in [0.5, 0.6) is 0 Å². The Hall–Kier alpha value is -1.37. The van der Waals surface area contributed by atoms with Crippen molar-refractivity contribution in [1.82, 2.24) is 0 Å². The molecular weight excluding hydrogens is 172 g/mol. The number of Topliss-reactive ketones (excluding diaryl/α,β-unsaturated/α-hetero) is 1. The number of hydrogen-bond donors (Lipinski definition) is 0. The Morgan fingerprint density at radius 1 is 1.43 bits per heavy atom. The van der Waals surface area contributed by atoms with E-state index in [1.807, 2.05) is 6.08 Å². The molecule has 0 amide bonds. The van der Waals surface area contributed by atoms with Crippen LogP contribution in [-0.4, -0.2) is 5.78 Å². The zero-order valence-electron chi connectivity index (χ0n) is 8.42. The highest BCUT2D eigenvalue weighted by molar-refractivity contribution is 5.87. The van der Waals surface area contributed by atoms with Gasteiger partial charge in [-0.15, -0.1) is 0 Å². The second-order valence-corrected chi connectivity index (χ2v) is 3.98. The number of hydrogen-bond acceptors (Lipinski definition) is 1. The van der Waals surface area contributed by atoms with Gasteiger partial charge in [0.25, 0.3) is 0 Å². The van der Waals surface area contributed by atoms with Crippen molar-refractivity contribution in [1.29, 1.82) is 0 Å². The lowest BCUT2D eigenvalue weighted by atomic mass is 9.77. The Bertz CT molecular complexity index is 382. The highest BCUT2D eigenvalue weighted by atomic mass is 16.1. The summed E-state index contributed by atoms with van der Waals surface area (Å²) in [6, 6.07) is 6.36. The van der Waals surface area contributed by atoms with Crippen LogP contribution < -0.4 is 0 Å². The molecule has 1 nitrogen and oxygen atoms in total. The fourth-order valence-electron chi connectivity index (χ4n) is 1.95. The van der Waals surface area contributed by atoms with Crippen LogP contribution in [0.4, 0.5) is 0 Å². The molecule has 0 unspecified atom stereocenters. The molecule has 72 valence electrons. The van der Waals surface area contributed by atoms with Gasteiger partial charge in [0.05, 0.1) is 0 Å². The molecule has 1 saturated carbocycles. The van der Waals surface area contributed by atoms with Crippen LogP contribution in [0.25, 0.3) is 6.08 Å². The summed E-state index contributed by atoms with van der Waals surface area (Å²) in [6.07, 6.45) is 3.30. The van der Waals surface area contributed by atoms with Crippen molar-refractivity contribution >= 4 is 11.9 Å². The lowest BCUT2D eigenvalue weighted by Gasteiger charge is -2.26. The van der Waals surface area contributed by atoms with Crippen molar-refractivity contribution in [2.75, 3.05) is 0 Å². The molecule has 0 N–H and O–H groups in total. The molecule has 1 aliphatic rings. The first-order valence-corrected chi connectivity index (χ1v) is 4.95. The topological polar surface area (TPSA) is 17.1 Å². The quantitative estimate of drug-likeness (QED) is 0.693. The van der Waals surface area contributed by atoms with Crippen LogP contribution in [0.1, 0.15) is 35.4 Å². The minimum Gasteiger partial charge on any atom is -0.300 e. The van der Waals surface area contributed by atoms with Gasteiger partial charge in [0, 0.05) is 12.8 Å². The highest BCUT2D eigenvalue weighted by Gasteiger charge is 2.28. The first-order chi connectivity index (χ1) is 6.70. The summed E-state index contributed by atoms with van der Waals surface area (Å²) >= 11 is 0. The number of ketones is 1. The van der Waals surface area contributed by atoms with E-state index in [-0.39, 0.29) is 0 Å². The number of aryl methyl sites for hydroxylation is 1. The average Bonchev–Trinajstić information content (AvgIpc) is 2.13. The fraction of sp³-hybridized carbons (Fsp3) is 0.308. The van der Waals surface area contributed by atoms with E-state index >= 15 is 0 Å². The minimum absolute atomic E-state index is 0.380. The monoisotopic (exact) mass is 186 g/mol. The van der Waals surface area contributed by atoms with Crippen LogP contribution in [0.2, 0.25) is 0 Å². The highest BCUT2D eigenvalue weighted by Crippen LogP contribution is 2.36. The maximum atomic E-state index is 10.9. The minimum atomic E-state index is 0.380. The number of rotatable bonds is 2. The predicted molar refractivity (Wildman–Crippen MR) is 58.3 cm³/mol. The summed E-state index contributed by atoms with van der Waals surface area (Å²) in [4.78, 5) is 10.9. The number of carbonyl (C=O) groups excluding carboxylic acids is 1. The summed E-state index contributed by atoms with van der Waals surface area (Å²) in [5.41, 5.74) is 3.71. The normalized spacial score (nSPS) is 16.5. The number of carbonyl (C=O) groups is 1. The van der Waals surface area contributed by atoms with Crippen molar-refractivity contribution in [3.8, 4) is 0 Å². The maximum Gasteiger partial charge on any atom is 0.134 e. The Morgan fingerprint density at radius 2 is 2.14 bits per heavy atom. The van der Waals surface area contributed by atoms with E-state index in [0.717, 1.165) is 0 Å². The van der Waals surface area contributed by atoms with Crippen LogP contribution in [-0.2, 0) is 4.79 Å². The summed E-state index contributed by atoms with van der Waals surface area (Å²) in [6.45, 7) is 5.88. The average molecular weight is 186 g/mol. The second-order valence-electron chi connectivity index (χ2n) is 3.98. The Labute approximate surface area is 84.5 Å². The SMILES string of the molecule is C=Cc1cc(C)ccc1C1CC(=O)C1. The van der Waals surface area contributed by atoms with E-state index in [1.165, 1.54) is 16.7 Å². The Balaban J connectivity index is 2.33. The molecule has 0 aliphatic heterocycles. The first-order valence-electron chi connectivity index (χ1n) is 4.95. The van der Waals surface area contributed by atoms with Gasteiger partial charge < -0.3 is 0 Å². The first kappa shape index (κ1) is 9.20. The van der Waals surface area contributed by atoms with Gasteiger partial charge in [-0.1, -0.05) is 36.4 Å². The Kier molecular flexibility index (Phi) is 2.24. The molecule has 0 spiro atoms. The van der Waals surface area contributed by atoms with Crippen molar-refractivity contribution < 1.29 is 4.79 Å². The molecule has 2 rings (SSSR count). The predicted octanol–water partition coefficient (Wildman–Crippen LogP) is 3.08. The van der Waals surface area contributed by atoms with Crippen molar-refractivity contribution in [3.63, 3.8) is 0 Å². The summed E-state index contributed by atoms with van der Waals surface area (Å²) in [5, 5.41) is 0. The lowest BCUT2D eigenvalue weighted by molar-refractivity contribution is -0.124. The van der Waals surface area contributed by atoms with E-state index in [4.69, 9.17) is 0 Å². The molecule has 1 fully saturated rings. The van der Waals surface area contributed by atoms with Crippen LogP contribution in [0.3, 0.4) is 0 Å². The van der Waals surface area contributed by atoms with Crippen LogP contribution >= 0.6 is 0 Å². The smallest absolute Gasteiger partial charge is 0.134 e. The van der Waals surface area contributed by atoms with Crippen molar-refractivity contribution in [3.05, 3.63) is 41.5 Å². The molecule has 1 aromatic carbocycles. The van der Waals surface area contributed by atoms with Gasteiger partial charge in [0.1, 0.15) is 5.78 Å². The number of benzene rings is 1. The summed E-state index contributed by atoms with van der Waals surface area (Å²) in [7, 11) is 0. The van der Waals surface area contributed by atoms with E-state index in [9.17, 15) is 4.79 Å². The molecule has 0 heterocycles. The van der Waals surface area contributed by atoms with Gasteiger partial charge in [-0.25, -0.2) is 0 Å². The zero-order valence-corrected chi connectivity index (χ0v) is 8.42. The second kappa shape index (κ2) is 3.41. The largest absolute Gasteiger partial charge is 0.300 e. The van der Waals surface area contributed by atoms with Crippen LogP contribution in [0.15, 0.2) is 24.8 Å². The molecule has 1 aliphatic carbocycles. The molecule has 1 heteroatoms. The molecule has 0 radical (unpaired) electrons. The summed E-state index contributed by atoms with van der Waals surface area (Å²) < 4.78 is 0. The molecule has 0 saturated heterocycles. The van der Waals surface area contributed by atoms with Gasteiger partial charge in [0.15, 0.2) is 0 Å². The standard InChI is InChI=1S/C13H14O/c1-3-10-6-9(2)4-5-13(10)11-7-12(14)8-11/h3-6,11H,1,7-8H2,2H3. The third-order valence-electron chi connectivity index (χ3n) is 2.85.